The van der Waals surface area contributed by atoms with Crippen LogP contribution in [0.5, 0.6) is 0 Å². The summed E-state index contributed by atoms with van der Waals surface area (Å²) in [5, 5.41) is 0. The van der Waals surface area contributed by atoms with Gasteiger partial charge >= 0.3 is 0 Å². The van der Waals surface area contributed by atoms with Gasteiger partial charge in [0.1, 0.15) is 0 Å². The van der Waals surface area contributed by atoms with Crippen molar-refractivity contribution in [1.29, 1.82) is 0 Å². The van der Waals surface area contributed by atoms with Crippen LogP contribution in [-0.2, 0) is 9.59 Å². The molecule has 2 heterocycles. The van der Waals surface area contributed by atoms with E-state index < -0.39 is 0 Å². The van der Waals surface area contributed by atoms with Crippen molar-refractivity contribution in [2.45, 2.75) is 26.2 Å². The molecule has 4 nitrogen and oxygen atoms in total. The molecule has 2 aliphatic rings. The van der Waals surface area contributed by atoms with Gasteiger partial charge in [-0.25, -0.2) is 0 Å². The maximum Gasteiger partial charge on any atom is 0.235 e. The highest BCUT2D eigenvalue weighted by atomic mass is 79.9. The first kappa shape index (κ1) is 13.6. The Morgan fingerprint density at radius 3 is 2.25 bits per heavy atom. The lowest BCUT2D eigenvalue weighted by Crippen LogP contribution is -2.43. The second-order valence-electron chi connectivity index (χ2n) is 4.70. The van der Waals surface area contributed by atoms with Gasteiger partial charge in [-0.15, -0.1) is 17.0 Å². The number of hydrogen-bond acceptors (Lipinski definition) is 3. The molecule has 0 aromatic rings. The molecule has 0 aromatic carbocycles. The Morgan fingerprint density at radius 1 is 1.25 bits per heavy atom. The van der Waals surface area contributed by atoms with Crippen molar-refractivity contribution in [3.05, 3.63) is 0 Å². The monoisotopic (exact) mass is 290 g/mol. The van der Waals surface area contributed by atoms with Gasteiger partial charge in [0.15, 0.2) is 0 Å². The standard InChI is InChI=1S/C11H18N2O2.BrH/c1-3-13-9(14)8-11(10(13)15)4-6-12(2)7-5-11;/h3-8H2,1-2H3;1H. The molecule has 0 aromatic heterocycles. The van der Waals surface area contributed by atoms with Crippen molar-refractivity contribution < 1.29 is 9.59 Å². The van der Waals surface area contributed by atoms with E-state index in [0.29, 0.717) is 13.0 Å². The SMILES string of the molecule is Br.CCN1C(=O)CC2(CCN(C)CC2)C1=O. The second kappa shape index (κ2) is 4.84. The number of nitrogens with zero attached hydrogens (tertiary/aromatic N) is 2. The van der Waals surface area contributed by atoms with Gasteiger partial charge in [-0.1, -0.05) is 0 Å². The van der Waals surface area contributed by atoms with Crippen LogP contribution in [0.3, 0.4) is 0 Å². The van der Waals surface area contributed by atoms with Crippen LogP contribution >= 0.6 is 17.0 Å². The van der Waals surface area contributed by atoms with Crippen molar-refractivity contribution in [1.82, 2.24) is 9.80 Å². The van der Waals surface area contributed by atoms with Gasteiger partial charge in [0, 0.05) is 13.0 Å². The van der Waals surface area contributed by atoms with Crippen LogP contribution in [0.25, 0.3) is 0 Å². The zero-order valence-electron chi connectivity index (χ0n) is 9.86. The summed E-state index contributed by atoms with van der Waals surface area (Å²) in [5.41, 5.74) is -0.348. The van der Waals surface area contributed by atoms with Gasteiger partial charge < -0.3 is 4.90 Å². The van der Waals surface area contributed by atoms with Crippen molar-refractivity contribution in [2.24, 2.45) is 5.41 Å². The lowest BCUT2D eigenvalue weighted by atomic mass is 9.77. The molecule has 0 N–H and O–H groups in total. The number of piperidine rings is 1. The normalized spacial score (nSPS) is 25.0. The summed E-state index contributed by atoms with van der Waals surface area (Å²) in [6, 6.07) is 0. The van der Waals surface area contributed by atoms with Gasteiger partial charge in [-0.05, 0) is 39.9 Å². The van der Waals surface area contributed by atoms with Crippen LogP contribution in [0, 0.1) is 5.41 Å². The molecule has 2 aliphatic heterocycles. The third kappa shape index (κ3) is 2.02. The molecule has 2 rings (SSSR count). The first-order chi connectivity index (χ1) is 7.09. The fourth-order valence-corrected chi connectivity index (χ4v) is 2.62. The van der Waals surface area contributed by atoms with Crippen LogP contribution in [0.2, 0.25) is 0 Å². The van der Waals surface area contributed by atoms with E-state index in [-0.39, 0.29) is 34.2 Å². The van der Waals surface area contributed by atoms with E-state index in [0.717, 1.165) is 25.9 Å². The molecule has 0 atom stereocenters. The van der Waals surface area contributed by atoms with Gasteiger partial charge in [0.05, 0.1) is 5.41 Å². The first-order valence-corrected chi connectivity index (χ1v) is 5.62. The molecule has 5 heteroatoms. The number of halogens is 1. The third-order valence-electron chi connectivity index (χ3n) is 3.75. The molecule has 1 spiro atoms. The Hall–Kier alpha value is -0.420. The maximum atomic E-state index is 12.1. The fourth-order valence-electron chi connectivity index (χ4n) is 2.62. The fraction of sp³-hybridized carbons (Fsp3) is 0.818. The summed E-state index contributed by atoms with van der Waals surface area (Å²) in [6.07, 6.45) is 2.11. The number of likely N-dealkylation sites (tertiary alicyclic amines) is 2. The highest BCUT2D eigenvalue weighted by molar-refractivity contribution is 8.93. The number of carbonyl (C=O) groups excluding carboxylic acids is 2. The molecule has 92 valence electrons. The van der Waals surface area contributed by atoms with Crippen molar-refractivity contribution in [3.8, 4) is 0 Å². The van der Waals surface area contributed by atoms with Crippen molar-refractivity contribution in [2.75, 3.05) is 26.7 Å². The van der Waals surface area contributed by atoms with E-state index in [1.54, 1.807) is 0 Å². The largest absolute Gasteiger partial charge is 0.306 e. The van der Waals surface area contributed by atoms with Crippen LogP contribution in [0.15, 0.2) is 0 Å². The second-order valence-corrected chi connectivity index (χ2v) is 4.70. The predicted molar refractivity (Wildman–Crippen MR) is 66.5 cm³/mol. The Balaban J connectivity index is 0.00000128. The van der Waals surface area contributed by atoms with E-state index in [1.165, 1.54) is 4.90 Å². The lowest BCUT2D eigenvalue weighted by Gasteiger charge is -2.35. The molecule has 0 bridgehead atoms. The van der Waals surface area contributed by atoms with E-state index in [9.17, 15) is 9.59 Å². The third-order valence-corrected chi connectivity index (χ3v) is 3.75. The molecule has 0 saturated carbocycles. The molecule has 0 aliphatic carbocycles. The molecule has 16 heavy (non-hydrogen) atoms. The summed E-state index contributed by atoms with van der Waals surface area (Å²) in [7, 11) is 2.06. The maximum absolute atomic E-state index is 12.1. The van der Waals surface area contributed by atoms with Crippen molar-refractivity contribution in [3.63, 3.8) is 0 Å². The average molecular weight is 291 g/mol. The smallest absolute Gasteiger partial charge is 0.235 e. The Morgan fingerprint density at radius 2 is 1.81 bits per heavy atom. The minimum absolute atomic E-state index is 0. The summed E-state index contributed by atoms with van der Waals surface area (Å²) in [6.45, 7) is 4.24. The summed E-state index contributed by atoms with van der Waals surface area (Å²) in [5.74, 6) is 0.0927. The molecule has 2 fully saturated rings. The molecule has 2 saturated heterocycles. The predicted octanol–water partition coefficient (Wildman–Crippen LogP) is 1.06. The topological polar surface area (TPSA) is 40.6 Å². The molecular weight excluding hydrogens is 272 g/mol. The lowest BCUT2D eigenvalue weighted by molar-refractivity contribution is -0.142. The molecule has 0 unspecified atom stereocenters. The minimum Gasteiger partial charge on any atom is -0.306 e. The van der Waals surface area contributed by atoms with Crippen molar-refractivity contribution >= 4 is 28.8 Å². The van der Waals surface area contributed by atoms with Gasteiger partial charge in [0.2, 0.25) is 11.8 Å². The summed E-state index contributed by atoms with van der Waals surface area (Å²) < 4.78 is 0. The Labute approximate surface area is 107 Å². The van der Waals surface area contributed by atoms with E-state index in [1.807, 2.05) is 6.92 Å². The van der Waals surface area contributed by atoms with Crippen LogP contribution in [0.4, 0.5) is 0 Å². The summed E-state index contributed by atoms with van der Waals surface area (Å²) >= 11 is 0. The minimum atomic E-state index is -0.348. The Kier molecular flexibility index (Phi) is 4.12. The number of hydrogen-bond donors (Lipinski definition) is 0. The number of imide groups is 1. The molecule has 2 amide bonds. The van der Waals surface area contributed by atoms with E-state index in [4.69, 9.17) is 0 Å². The highest BCUT2D eigenvalue weighted by Gasteiger charge is 2.51. The molecular formula is C11H19BrN2O2. The number of carbonyl (C=O) groups is 2. The number of amides is 2. The van der Waals surface area contributed by atoms with Crippen LogP contribution in [0.1, 0.15) is 26.2 Å². The van der Waals surface area contributed by atoms with Gasteiger partial charge in [-0.2, -0.15) is 0 Å². The van der Waals surface area contributed by atoms with E-state index >= 15 is 0 Å². The quantitative estimate of drug-likeness (QED) is 0.678. The average Bonchev–Trinajstić information content (AvgIpc) is 2.44. The first-order valence-electron chi connectivity index (χ1n) is 5.62. The van der Waals surface area contributed by atoms with Crippen LogP contribution in [-0.4, -0.2) is 48.3 Å². The summed E-state index contributed by atoms with van der Waals surface area (Å²) in [4.78, 5) is 27.4. The van der Waals surface area contributed by atoms with Crippen LogP contribution < -0.4 is 0 Å². The Bertz CT molecular complexity index is 298. The van der Waals surface area contributed by atoms with E-state index in [2.05, 4.69) is 11.9 Å². The number of rotatable bonds is 1. The zero-order chi connectivity index (χ0) is 11.1. The van der Waals surface area contributed by atoms with Gasteiger partial charge in [-0.3, -0.25) is 14.5 Å². The van der Waals surface area contributed by atoms with Gasteiger partial charge in [0.25, 0.3) is 0 Å². The zero-order valence-corrected chi connectivity index (χ0v) is 11.6. The molecule has 0 radical (unpaired) electrons. The highest BCUT2D eigenvalue weighted by Crippen LogP contribution is 2.41.